The highest BCUT2D eigenvalue weighted by atomic mass is 35.5. The summed E-state index contributed by atoms with van der Waals surface area (Å²) in [6, 6.07) is 26.7. The Bertz CT molecular complexity index is 1420. The SMILES string of the molecule is NCCC(=O)NC(=O)CN1CCN(c2ccccc2)C(c2cn(Cc3ccccc3Cl)c3ccccc23)C1. The number of carbonyl (C=O) groups excluding carboxylic acids is 2. The van der Waals surface area contributed by atoms with Crippen molar-refractivity contribution in [2.24, 2.45) is 5.73 Å². The maximum Gasteiger partial charge on any atom is 0.240 e. The number of piperazine rings is 1. The van der Waals surface area contributed by atoms with E-state index in [0.29, 0.717) is 19.6 Å². The molecule has 196 valence electrons. The van der Waals surface area contributed by atoms with Crippen LogP contribution in [-0.2, 0) is 16.1 Å². The molecule has 8 heteroatoms. The Morgan fingerprint density at radius 3 is 2.45 bits per heavy atom. The van der Waals surface area contributed by atoms with Gasteiger partial charge < -0.3 is 15.2 Å². The molecule has 0 saturated carbocycles. The molecule has 1 aliphatic rings. The number of hydrogen-bond acceptors (Lipinski definition) is 5. The van der Waals surface area contributed by atoms with E-state index in [-0.39, 0.29) is 37.4 Å². The zero-order valence-electron chi connectivity index (χ0n) is 21.2. The fourth-order valence-electron chi connectivity index (χ4n) is 5.25. The van der Waals surface area contributed by atoms with Crippen molar-refractivity contribution < 1.29 is 9.59 Å². The maximum absolute atomic E-state index is 12.6. The summed E-state index contributed by atoms with van der Waals surface area (Å²) in [4.78, 5) is 29.0. The van der Waals surface area contributed by atoms with Crippen LogP contribution in [0.2, 0.25) is 5.02 Å². The van der Waals surface area contributed by atoms with Crippen molar-refractivity contribution in [1.82, 2.24) is 14.8 Å². The van der Waals surface area contributed by atoms with E-state index >= 15 is 0 Å². The average Bonchev–Trinajstić information content (AvgIpc) is 3.29. The lowest BCUT2D eigenvalue weighted by Crippen LogP contribution is -2.51. The number of aromatic nitrogens is 1. The van der Waals surface area contributed by atoms with Gasteiger partial charge in [-0.05, 0) is 29.8 Å². The van der Waals surface area contributed by atoms with Gasteiger partial charge in [-0.15, -0.1) is 0 Å². The smallest absolute Gasteiger partial charge is 0.240 e. The number of anilines is 1. The van der Waals surface area contributed by atoms with Gasteiger partial charge in [0.15, 0.2) is 0 Å². The van der Waals surface area contributed by atoms with Crippen molar-refractivity contribution in [2.75, 3.05) is 37.6 Å². The fourth-order valence-corrected chi connectivity index (χ4v) is 5.45. The summed E-state index contributed by atoms with van der Waals surface area (Å²) in [5.74, 6) is -0.629. The van der Waals surface area contributed by atoms with Crippen LogP contribution in [0.5, 0.6) is 0 Å². The number of benzene rings is 3. The van der Waals surface area contributed by atoms with Gasteiger partial charge in [-0.3, -0.25) is 19.8 Å². The van der Waals surface area contributed by atoms with Gasteiger partial charge in [-0.1, -0.05) is 66.2 Å². The lowest BCUT2D eigenvalue weighted by molar-refractivity contribution is -0.131. The lowest BCUT2D eigenvalue weighted by atomic mass is 10.0. The minimum atomic E-state index is -0.334. The third-order valence-corrected chi connectivity index (χ3v) is 7.42. The molecule has 3 N–H and O–H groups in total. The predicted molar refractivity (Wildman–Crippen MR) is 152 cm³/mol. The fraction of sp³-hybridized carbons (Fsp3) is 0.267. The molecule has 0 bridgehead atoms. The van der Waals surface area contributed by atoms with E-state index in [1.165, 1.54) is 10.9 Å². The molecule has 2 amide bonds. The summed E-state index contributed by atoms with van der Waals surface area (Å²) in [6.45, 7) is 3.15. The van der Waals surface area contributed by atoms with Crippen molar-refractivity contribution >= 4 is 40.0 Å². The molecule has 7 nitrogen and oxygen atoms in total. The van der Waals surface area contributed by atoms with Gasteiger partial charge >= 0.3 is 0 Å². The quantitative estimate of drug-likeness (QED) is 0.357. The largest absolute Gasteiger partial charge is 0.362 e. The molecule has 1 aliphatic heterocycles. The topological polar surface area (TPSA) is 83.6 Å². The van der Waals surface area contributed by atoms with Crippen molar-refractivity contribution in [3.63, 3.8) is 0 Å². The summed E-state index contributed by atoms with van der Waals surface area (Å²) in [6.07, 6.45) is 2.37. The Labute approximate surface area is 227 Å². The first-order valence-corrected chi connectivity index (χ1v) is 13.3. The number of carbonyl (C=O) groups is 2. The third-order valence-electron chi connectivity index (χ3n) is 7.05. The van der Waals surface area contributed by atoms with Gasteiger partial charge in [0.1, 0.15) is 0 Å². The number of imide groups is 1. The maximum atomic E-state index is 12.6. The van der Waals surface area contributed by atoms with Crippen molar-refractivity contribution in [3.05, 3.63) is 101 Å². The van der Waals surface area contributed by atoms with Gasteiger partial charge in [-0.25, -0.2) is 0 Å². The summed E-state index contributed by atoms with van der Waals surface area (Å²) < 4.78 is 2.26. The molecular weight excluding hydrogens is 498 g/mol. The monoisotopic (exact) mass is 529 g/mol. The summed E-state index contributed by atoms with van der Waals surface area (Å²) in [5, 5.41) is 4.39. The third kappa shape index (κ3) is 5.75. The van der Waals surface area contributed by atoms with Crippen LogP contribution in [0.25, 0.3) is 10.9 Å². The number of hydrogen-bond donors (Lipinski definition) is 2. The van der Waals surface area contributed by atoms with Crippen LogP contribution in [0.3, 0.4) is 0 Å². The Hall–Kier alpha value is -3.65. The molecule has 0 spiro atoms. The van der Waals surface area contributed by atoms with Gasteiger partial charge in [0.05, 0.1) is 12.6 Å². The predicted octanol–water partition coefficient (Wildman–Crippen LogP) is 4.20. The molecule has 1 atom stereocenters. The molecule has 0 radical (unpaired) electrons. The van der Waals surface area contributed by atoms with Crippen LogP contribution < -0.4 is 16.0 Å². The summed E-state index contributed by atoms with van der Waals surface area (Å²) >= 11 is 6.51. The first-order chi connectivity index (χ1) is 18.5. The van der Waals surface area contributed by atoms with Crippen molar-refractivity contribution in [3.8, 4) is 0 Å². The van der Waals surface area contributed by atoms with Crippen LogP contribution in [0.4, 0.5) is 5.69 Å². The van der Waals surface area contributed by atoms with Gasteiger partial charge in [0, 0.05) is 72.5 Å². The van der Waals surface area contributed by atoms with E-state index in [2.05, 4.69) is 80.5 Å². The van der Waals surface area contributed by atoms with Crippen LogP contribution in [0.15, 0.2) is 85.1 Å². The zero-order valence-corrected chi connectivity index (χ0v) is 22.0. The number of rotatable bonds is 8. The molecule has 4 aromatic rings. The number of nitrogens with one attached hydrogen (secondary N) is 1. The van der Waals surface area contributed by atoms with E-state index in [4.69, 9.17) is 17.3 Å². The highest BCUT2D eigenvalue weighted by Gasteiger charge is 2.32. The van der Waals surface area contributed by atoms with E-state index < -0.39 is 0 Å². The summed E-state index contributed by atoms with van der Waals surface area (Å²) in [5.41, 5.74) is 9.98. The van der Waals surface area contributed by atoms with Gasteiger partial charge in [0.2, 0.25) is 11.8 Å². The highest BCUT2D eigenvalue weighted by molar-refractivity contribution is 6.31. The number of nitrogens with two attached hydrogens (primary N) is 1. The zero-order chi connectivity index (χ0) is 26.5. The molecule has 0 aliphatic carbocycles. The molecule has 5 rings (SSSR count). The molecule has 2 heterocycles. The van der Waals surface area contributed by atoms with Crippen LogP contribution in [0.1, 0.15) is 23.6 Å². The molecule has 1 aromatic heterocycles. The number of amides is 2. The second-order valence-electron chi connectivity index (χ2n) is 9.61. The molecule has 38 heavy (non-hydrogen) atoms. The second kappa shape index (κ2) is 11.8. The first kappa shape index (κ1) is 26.0. The molecular formula is C30H32ClN5O2. The second-order valence-corrected chi connectivity index (χ2v) is 10.0. The van der Waals surface area contributed by atoms with Crippen LogP contribution >= 0.6 is 11.6 Å². The molecule has 1 saturated heterocycles. The highest BCUT2D eigenvalue weighted by Crippen LogP contribution is 2.36. The van der Waals surface area contributed by atoms with E-state index in [1.54, 1.807) is 0 Å². The van der Waals surface area contributed by atoms with Crippen molar-refractivity contribution in [1.29, 1.82) is 0 Å². The molecule has 1 fully saturated rings. The Balaban J connectivity index is 1.48. The van der Waals surface area contributed by atoms with E-state index in [0.717, 1.165) is 28.3 Å². The van der Waals surface area contributed by atoms with Crippen LogP contribution in [0, 0.1) is 0 Å². The summed E-state index contributed by atoms with van der Waals surface area (Å²) in [7, 11) is 0. The Morgan fingerprint density at radius 2 is 1.66 bits per heavy atom. The minimum absolute atomic E-state index is 0.0103. The average molecular weight is 530 g/mol. The van der Waals surface area contributed by atoms with Gasteiger partial charge in [-0.2, -0.15) is 0 Å². The number of halogens is 1. The van der Waals surface area contributed by atoms with Gasteiger partial charge in [0.25, 0.3) is 0 Å². The van der Waals surface area contributed by atoms with E-state index in [1.807, 2.05) is 24.3 Å². The van der Waals surface area contributed by atoms with E-state index in [9.17, 15) is 9.59 Å². The minimum Gasteiger partial charge on any atom is -0.362 e. The number of nitrogens with zero attached hydrogens (tertiary/aromatic N) is 3. The lowest BCUT2D eigenvalue weighted by Gasteiger charge is -2.42. The standard InChI is InChI=1S/C30H32ClN5O2/c31-26-12-6-4-8-22(26)18-35-19-25(24-11-5-7-13-27(24)35)28-20-34(21-30(38)33-29(37)14-15-32)16-17-36(28)23-9-2-1-3-10-23/h1-13,19,28H,14-18,20-21,32H2,(H,33,37,38). The molecule has 1 unspecified atom stereocenters. The number of para-hydroxylation sites is 2. The first-order valence-electron chi connectivity index (χ1n) is 12.9. The van der Waals surface area contributed by atoms with Crippen LogP contribution in [-0.4, -0.2) is 54.0 Å². The molecule has 3 aromatic carbocycles. The Kier molecular flexibility index (Phi) is 8.08. The Morgan fingerprint density at radius 1 is 0.921 bits per heavy atom. The normalized spacial score (nSPS) is 16.1. The number of fused-ring (bicyclic) bond motifs is 1. The van der Waals surface area contributed by atoms with Crippen molar-refractivity contribution in [2.45, 2.75) is 19.0 Å².